The summed E-state index contributed by atoms with van der Waals surface area (Å²) in [6, 6.07) is 0. The molecule has 0 radical (unpaired) electrons. The van der Waals surface area contributed by atoms with Crippen LogP contribution in [0.4, 0.5) is 0 Å². The van der Waals surface area contributed by atoms with Crippen molar-refractivity contribution in [2.45, 2.75) is 13.3 Å². The zero-order valence-electron chi connectivity index (χ0n) is 4.18. The Hall–Kier alpha value is -0.360. The molecule has 0 bridgehead atoms. The van der Waals surface area contributed by atoms with Gasteiger partial charge in [-0.2, -0.15) is 0 Å². The standard InChI is InChI=1S/C4H7N2P/c1-2-4-5-3-6-7-4/h3,7H,2H2,1H3. The number of nitrogens with zero attached hydrogens (tertiary/aromatic N) is 2. The molecule has 2 nitrogen and oxygen atoms in total. The van der Waals surface area contributed by atoms with E-state index in [1.165, 1.54) is 5.43 Å². The Labute approximate surface area is 44.1 Å². The predicted molar refractivity (Wildman–Crippen MR) is 30.9 cm³/mol. The lowest BCUT2D eigenvalue weighted by Crippen LogP contribution is -1.69. The van der Waals surface area contributed by atoms with Gasteiger partial charge in [-0.05, 0) is 14.8 Å². The van der Waals surface area contributed by atoms with Gasteiger partial charge in [-0.25, -0.2) is 9.73 Å². The monoisotopic (exact) mass is 114 g/mol. The molecule has 3 heteroatoms. The molecule has 1 heterocycles. The highest BCUT2D eigenvalue weighted by molar-refractivity contribution is 7.26. The van der Waals surface area contributed by atoms with Gasteiger partial charge in [-0.15, -0.1) is 0 Å². The van der Waals surface area contributed by atoms with Crippen LogP contribution in [0.5, 0.6) is 0 Å². The van der Waals surface area contributed by atoms with Crippen molar-refractivity contribution >= 4 is 8.35 Å². The van der Waals surface area contributed by atoms with Crippen molar-refractivity contribution in [1.82, 2.24) is 9.73 Å². The maximum absolute atomic E-state index is 3.99. The summed E-state index contributed by atoms with van der Waals surface area (Å²) in [6.07, 6.45) is 2.69. The van der Waals surface area contributed by atoms with Gasteiger partial charge in [0, 0.05) is 0 Å². The molecule has 0 aliphatic carbocycles. The SMILES string of the molecule is CCc1ncn[pH]1. The van der Waals surface area contributed by atoms with Crippen LogP contribution in [-0.4, -0.2) is 9.73 Å². The maximum Gasteiger partial charge on any atom is 0.119 e. The van der Waals surface area contributed by atoms with Crippen LogP contribution in [0, 0.1) is 0 Å². The van der Waals surface area contributed by atoms with Gasteiger partial charge in [0.15, 0.2) is 0 Å². The first-order valence-corrected chi connectivity index (χ1v) is 3.22. The minimum Gasteiger partial charge on any atom is -0.236 e. The first-order chi connectivity index (χ1) is 3.43. The average Bonchev–Trinajstić information content (AvgIpc) is 2.14. The van der Waals surface area contributed by atoms with E-state index in [-0.39, 0.29) is 0 Å². The Morgan fingerprint density at radius 2 is 2.71 bits per heavy atom. The molecule has 0 saturated heterocycles. The molecule has 1 unspecified atom stereocenters. The van der Waals surface area contributed by atoms with Gasteiger partial charge < -0.3 is 0 Å². The largest absolute Gasteiger partial charge is 0.236 e. The Bertz CT molecular complexity index is 124. The molecule has 1 aromatic heterocycles. The summed E-state index contributed by atoms with van der Waals surface area (Å²) in [5.41, 5.74) is 1.22. The third kappa shape index (κ3) is 1.00. The first kappa shape index (κ1) is 4.79. The predicted octanol–water partition coefficient (Wildman–Crippen LogP) is 1.07. The van der Waals surface area contributed by atoms with Crippen LogP contribution in [0.1, 0.15) is 12.3 Å². The number of hydrogen-bond donors (Lipinski definition) is 0. The fourth-order valence-corrected chi connectivity index (χ4v) is 0.939. The highest BCUT2D eigenvalue weighted by Gasteiger charge is 1.84. The van der Waals surface area contributed by atoms with Crippen molar-refractivity contribution in [1.29, 1.82) is 0 Å². The molecule has 0 spiro atoms. The molecule has 0 saturated carbocycles. The van der Waals surface area contributed by atoms with Gasteiger partial charge in [-0.1, -0.05) is 6.92 Å². The van der Waals surface area contributed by atoms with Crippen molar-refractivity contribution in [2.24, 2.45) is 0 Å². The van der Waals surface area contributed by atoms with Crippen molar-refractivity contribution in [2.75, 3.05) is 0 Å². The first-order valence-electron chi connectivity index (χ1n) is 2.27. The number of hydrogen-bond acceptors (Lipinski definition) is 2. The fourth-order valence-electron chi connectivity index (χ4n) is 0.401. The lowest BCUT2D eigenvalue weighted by atomic mass is 10.5. The number of rotatable bonds is 1. The van der Waals surface area contributed by atoms with Gasteiger partial charge in [0.2, 0.25) is 0 Å². The second-order valence-electron chi connectivity index (χ2n) is 1.29. The fraction of sp³-hybridized carbons (Fsp3) is 0.500. The molecule has 38 valence electrons. The quantitative estimate of drug-likeness (QED) is 0.545. The lowest BCUT2D eigenvalue weighted by molar-refractivity contribution is 1.09. The smallest absolute Gasteiger partial charge is 0.119 e. The van der Waals surface area contributed by atoms with E-state index in [4.69, 9.17) is 0 Å². The molecule has 0 N–H and O–H groups in total. The second-order valence-corrected chi connectivity index (χ2v) is 2.34. The zero-order chi connectivity index (χ0) is 5.11. The van der Waals surface area contributed by atoms with Crippen LogP contribution in [0.3, 0.4) is 0 Å². The summed E-state index contributed by atoms with van der Waals surface area (Å²) in [6.45, 7) is 2.10. The van der Waals surface area contributed by atoms with Crippen molar-refractivity contribution < 1.29 is 0 Å². The maximum atomic E-state index is 3.99. The molecule has 1 atom stereocenters. The summed E-state index contributed by atoms with van der Waals surface area (Å²) in [5.74, 6) is 0. The highest BCUT2D eigenvalue weighted by atomic mass is 31.0. The van der Waals surface area contributed by atoms with Crippen molar-refractivity contribution in [3.63, 3.8) is 0 Å². The summed E-state index contributed by atoms with van der Waals surface area (Å²) in [7, 11) is 0.619. The van der Waals surface area contributed by atoms with Crippen LogP contribution in [0.15, 0.2) is 6.33 Å². The van der Waals surface area contributed by atoms with Crippen LogP contribution in [-0.2, 0) is 6.42 Å². The second kappa shape index (κ2) is 2.08. The number of aromatic nitrogens is 2. The molecular weight excluding hydrogens is 107 g/mol. The van der Waals surface area contributed by atoms with E-state index in [0.717, 1.165) is 6.42 Å². The van der Waals surface area contributed by atoms with Gasteiger partial charge in [0.05, 0.1) is 5.43 Å². The zero-order valence-corrected chi connectivity index (χ0v) is 5.18. The van der Waals surface area contributed by atoms with Crippen molar-refractivity contribution in [3.8, 4) is 0 Å². The van der Waals surface area contributed by atoms with Crippen LogP contribution >= 0.6 is 8.35 Å². The van der Waals surface area contributed by atoms with E-state index >= 15 is 0 Å². The van der Waals surface area contributed by atoms with E-state index in [1.807, 2.05) is 0 Å². The normalized spacial score (nSPS) is 10.4. The third-order valence-corrected chi connectivity index (χ3v) is 1.79. The average molecular weight is 114 g/mol. The van der Waals surface area contributed by atoms with Gasteiger partial charge >= 0.3 is 0 Å². The number of aryl methyl sites for hydroxylation is 1. The Morgan fingerprint density at radius 1 is 1.86 bits per heavy atom. The lowest BCUT2D eigenvalue weighted by Gasteiger charge is -1.76. The summed E-state index contributed by atoms with van der Waals surface area (Å²) >= 11 is 0. The molecule has 0 aliphatic heterocycles. The van der Waals surface area contributed by atoms with E-state index in [2.05, 4.69) is 16.7 Å². The summed E-state index contributed by atoms with van der Waals surface area (Å²) < 4.78 is 3.93. The topological polar surface area (TPSA) is 25.8 Å². The van der Waals surface area contributed by atoms with Gasteiger partial charge in [0.25, 0.3) is 0 Å². The summed E-state index contributed by atoms with van der Waals surface area (Å²) in [4.78, 5) is 3.99. The third-order valence-electron chi connectivity index (χ3n) is 0.800. The van der Waals surface area contributed by atoms with Crippen LogP contribution in [0.25, 0.3) is 0 Å². The van der Waals surface area contributed by atoms with E-state index < -0.39 is 0 Å². The molecule has 0 fully saturated rings. The Kier molecular flexibility index (Phi) is 1.42. The van der Waals surface area contributed by atoms with Gasteiger partial charge in [0.1, 0.15) is 6.33 Å². The molecule has 0 aliphatic rings. The molecule has 1 rings (SSSR count). The molecule has 1 aromatic rings. The van der Waals surface area contributed by atoms with E-state index in [0.29, 0.717) is 8.35 Å². The molecule has 7 heavy (non-hydrogen) atoms. The highest BCUT2D eigenvalue weighted by Crippen LogP contribution is 2.04. The molecule has 0 aromatic carbocycles. The van der Waals surface area contributed by atoms with Crippen molar-refractivity contribution in [3.05, 3.63) is 11.8 Å². The van der Waals surface area contributed by atoms with E-state index in [9.17, 15) is 0 Å². The van der Waals surface area contributed by atoms with Crippen LogP contribution in [0.2, 0.25) is 0 Å². The van der Waals surface area contributed by atoms with Crippen LogP contribution < -0.4 is 0 Å². The minimum absolute atomic E-state index is 0.619. The molecule has 0 amide bonds. The summed E-state index contributed by atoms with van der Waals surface area (Å²) in [5, 5.41) is 0. The Balaban J connectivity index is 2.76. The van der Waals surface area contributed by atoms with Gasteiger partial charge in [-0.3, -0.25) is 0 Å². The van der Waals surface area contributed by atoms with E-state index in [1.54, 1.807) is 6.33 Å². The Morgan fingerprint density at radius 3 is 3.00 bits per heavy atom. The molecular formula is C4H7N2P. The minimum atomic E-state index is 0.619.